The summed E-state index contributed by atoms with van der Waals surface area (Å²) in [6.45, 7) is 0.859. The quantitative estimate of drug-likeness (QED) is 0.833. The largest absolute Gasteiger partial charge is 0.378 e. The zero-order chi connectivity index (χ0) is 15.0. The number of hydrogen-bond donors (Lipinski definition) is 1. The topological polar surface area (TPSA) is 68.3 Å². The Bertz CT molecular complexity index is 584. The predicted molar refractivity (Wildman–Crippen MR) is 81.1 cm³/mol. The van der Waals surface area contributed by atoms with Crippen LogP contribution in [0, 0.1) is 11.8 Å². The summed E-state index contributed by atoms with van der Waals surface area (Å²) in [6, 6.07) is 3.62. The van der Waals surface area contributed by atoms with Gasteiger partial charge in [0.05, 0.1) is 18.4 Å². The highest BCUT2D eigenvalue weighted by Crippen LogP contribution is 2.15. The summed E-state index contributed by atoms with van der Waals surface area (Å²) in [6.07, 6.45) is 7.09. The van der Waals surface area contributed by atoms with Crippen molar-refractivity contribution >= 4 is 10.0 Å². The standard InChI is InChI=1S/C15H20N2O3S/c18-21(19,12-8-15-7-1-2-11-20-15)17-10-4-6-14-5-3-9-16-13-14/h3,5,9,13,15,17H,1-2,7-8,10-12H2. The van der Waals surface area contributed by atoms with Gasteiger partial charge in [0, 0.05) is 24.6 Å². The number of sulfonamides is 1. The second-order valence-corrected chi connectivity index (χ2v) is 6.89. The lowest BCUT2D eigenvalue weighted by atomic mass is 10.1. The van der Waals surface area contributed by atoms with E-state index in [9.17, 15) is 8.42 Å². The zero-order valence-electron chi connectivity index (χ0n) is 11.9. The van der Waals surface area contributed by atoms with E-state index >= 15 is 0 Å². The second-order valence-electron chi connectivity index (χ2n) is 4.96. The van der Waals surface area contributed by atoms with Crippen molar-refractivity contribution in [1.29, 1.82) is 0 Å². The van der Waals surface area contributed by atoms with Crippen molar-refractivity contribution in [2.75, 3.05) is 18.9 Å². The average Bonchev–Trinajstić information content (AvgIpc) is 2.52. The Hall–Kier alpha value is -1.42. The molecule has 0 amide bonds. The number of aromatic nitrogens is 1. The molecule has 0 aromatic carbocycles. The van der Waals surface area contributed by atoms with E-state index in [0.29, 0.717) is 6.42 Å². The maximum atomic E-state index is 11.8. The molecule has 21 heavy (non-hydrogen) atoms. The highest BCUT2D eigenvalue weighted by atomic mass is 32.2. The van der Waals surface area contributed by atoms with Crippen LogP contribution in [0.1, 0.15) is 31.2 Å². The van der Waals surface area contributed by atoms with Crippen LogP contribution in [0.15, 0.2) is 24.5 Å². The number of nitrogens with one attached hydrogen (secondary N) is 1. The number of rotatable bonds is 5. The van der Waals surface area contributed by atoms with Gasteiger partial charge in [-0.3, -0.25) is 4.98 Å². The van der Waals surface area contributed by atoms with Crippen LogP contribution < -0.4 is 4.72 Å². The summed E-state index contributed by atoms with van der Waals surface area (Å²) in [5.74, 6) is 5.73. The van der Waals surface area contributed by atoms with Crippen molar-refractivity contribution in [3.8, 4) is 11.8 Å². The molecule has 1 aromatic heterocycles. The minimum absolute atomic E-state index is 0.0804. The van der Waals surface area contributed by atoms with E-state index in [4.69, 9.17) is 4.74 Å². The van der Waals surface area contributed by atoms with Crippen LogP contribution in [-0.4, -0.2) is 38.4 Å². The van der Waals surface area contributed by atoms with Crippen LogP contribution in [-0.2, 0) is 14.8 Å². The van der Waals surface area contributed by atoms with Crippen molar-refractivity contribution in [3.63, 3.8) is 0 Å². The molecule has 0 bridgehead atoms. The molecule has 0 spiro atoms. The van der Waals surface area contributed by atoms with Crippen molar-refractivity contribution < 1.29 is 13.2 Å². The summed E-state index contributed by atoms with van der Waals surface area (Å²) in [4.78, 5) is 3.94. The van der Waals surface area contributed by atoms with Crippen LogP contribution in [0.25, 0.3) is 0 Å². The average molecular weight is 308 g/mol. The molecular formula is C15H20N2O3S. The summed E-state index contributed by atoms with van der Waals surface area (Å²) < 4.78 is 31.7. The fraction of sp³-hybridized carbons (Fsp3) is 0.533. The van der Waals surface area contributed by atoms with Gasteiger partial charge in [-0.1, -0.05) is 11.8 Å². The molecule has 2 rings (SSSR count). The molecule has 1 N–H and O–H groups in total. The number of ether oxygens (including phenoxy) is 1. The first-order chi connectivity index (χ1) is 10.2. The number of hydrogen-bond acceptors (Lipinski definition) is 4. The third-order valence-electron chi connectivity index (χ3n) is 3.26. The Morgan fingerprint density at radius 1 is 1.43 bits per heavy atom. The molecule has 114 valence electrons. The van der Waals surface area contributed by atoms with Crippen LogP contribution in [0.4, 0.5) is 0 Å². The lowest BCUT2D eigenvalue weighted by molar-refractivity contribution is 0.0147. The van der Waals surface area contributed by atoms with Gasteiger partial charge in [0.25, 0.3) is 0 Å². The first kappa shape index (κ1) is 16.0. The first-order valence-corrected chi connectivity index (χ1v) is 8.79. The van der Waals surface area contributed by atoms with Gasteiger partial charge in [0.1, 0.15) is 0 Å². The molecule has 1 aliphatic heterocycles. The lowest BCUT2D eigenvalue weighted by Crippen LogP contribution is -2.30. The molecule has 2 heterocycles. The summed E-state index contributed by atoms with van der Waals surface area (Å²) in [5.41, 5.74) is 0.771. The normalized spacial score (nSPS) is 18.8. The number of pyridine rings is 1. The Kier molecular flexibility index (Phi) is 6.18. The molecule has 0 radical (unpaired) electrons. The van der Waals surface area contributed by atoms with Crippen molar-refractivity contribution in [2.45, 2.75) is 31.8 Å². The van der Waals surface area contributed by atoms with E-state index in [0.717, 1.165) is 31.4 Å². The number of nitrogens with zero attached hydrogens (tertiary/aromatic N) is 1. The molecule has 6 heteroatoms. The molecule has 1 fully saturated rings. The third kappa shape index (κ3) is 6.25. The zero-order valence-corrected chi connectivity index (χ0v) is 12.7. The predicted octanol–water partition coefficient (Wildman–Crippen LogP) is 1.31. The smallest absolute Gasteiger partial charge is 0.212 e. The first-order valence-electron chi connectivity index (χ1n) is 7.13. The second kappa shape index (κ2) is 8.13. The van der Waals surface area contributed by atoms with Gasteiger partial charge in [-0.05, 0) is 37.8 Å². The van der Waals surface area contributed by atoms with Crippen molar-refractivity contribution in [2.24, 2.45) is 0 Å². The maximum absolute atomic E-state index is 11.8. The van der Waals surface area contributed by atoms with Gasteiger partial charge in [0.2, 0.25) is 10.0 Å². The minimum Gasteiger partial charge on any atom is -0.378 e. The molecule has 1 aliphatic rings. The van der Waals surface area contributed by atoms with Crippen LogP contribution in [0.3, 0.4) is 0 Å². The molecule has 0 saturated carbocycles. The highest BCUT2D eigenvalue weighted by molar-refractivity contribution is 7.89. The molecule has 1 aromatic rings. The molecule has 0 aliphatic carbocycles. The Balaban J connectivity index is 1.72. The summed E-state index contributed by atoms with van der Waals surface area (Å²) in [5, 5.41) is 0. The van der Waals surface area contributed by atoms with Crippen molar-refractivity contribution in [1.82, 2.24) is 9.71 Å². The molecule has 5 nitrogen and oxygen atoms in total. The van der Waals surface area contributed by atoms with Crippen LogP contribution >= 0.6 is 0 Å². The van der Waals surface area contributed by atoms with E-state index in [1.54, 1.807) is 18.5 Å². The van der Waals surface area contributed by atoms with E-state index in [2.05, 4.69) is 21.5 Å². The summed E-state index contributed by atoms with van der Waals surface area (Å²) >= 11 is 0. The van der Waals surface area contributed by atoms with E-state index in [1.165, 1.54) is 0 Å². The van der Waals surface area contributed by atoms with Crippen molar-refractivity contribution in [3.05, 3.63) is 30.1 Å². The molecule has 1 saturated heterocycles. The maximum Gasteiger partial charge on any atom is 0.212 e. The van der Waals surface area contributed by atoms with Gasteiger partial charge >= 0.3 is 0 Å². The van der Waals surface area contributed by atoms with Gasteiger partial charge in [-0.2, -0.15) is 0 Å². The van der Waals surface area contributed by atoms with E-state index < -0.39 is 10.0 Å². The van der Waals surface area contributed by atoms with Gasteiger partial charge < -0.3 is 4.74 Å². The highest BCUT2D eigenvalue weighted by Gasteiger charge is 2.17. The molecule has 1 unspecified atom stereocenters. The van der Waals surface area contributed by atoms with E-state index in [-0.39, 0.29) is 18.4 Å². The monoisotopic (exact) mass is 308 g/mol. The van der Waals surface area contributed by atoms with Gasteiger partial charge in [-0.15, -0.1) is 0 Å². The summed E-state index contributed by atoms with van der Waals surface area (Å²) in [7, 11) is -3.28. The minimum atomic E-state index is -3.28. The Morgan fingerprint density at radius 2 is 2.33 bits per heavy atom. The van der Waals surface area contributed by atoms with Crippen LogP contribution in [0.2, 0.25) is 0 Å². The van der Waals surface area contributed by atoms with E-state index in [1.807, 2.05) is 6.07 Å². The molecular weight excluding hydrogens is 288 g/mol. The van der Waals surface area contributed by atoms with Gasteiger partial charge in [-0.25, -0.2) is 13.1 Å². The molecule has 1 atom stereocenters. The fourth-order valence-electron chi connectivity index (χ4n) is 2.12. The SMILES string of the molecule is O=S(=O)(CCC1CCCCO1)NCC#Cc1cccnc1. The van der Waals surface area contributed by atoms with Crippen LogP contribution in [0.5, 0.6) is 0 Å². The lowest BCUT2D eigenvalue weighted by Gasteiger charge is -2.22. The Labute approximate surface area is 126 Å². The Morgan fingerprint density at radius 3 is 3.05 bits per heavy atom. The fourth-order valence-corrected chi connectivity index (χ4v) is 3.13. The van der Waals surface area contributed by atoms with Gasteiger partial charge in [0.15, 0.2) is 0 Å². The third-order valence-corrected chi connectivity index (χ3v) is 4.61.